The topological polar surface area (TPSA) is 71.0 Å². The zero-order valence-corrected chi connectivity index (χ0v) is 12.0. The molecule has 0 unspecified atom stereocenters. The molecular formula is C15H13N3O2S. The van der Waals surface area contributed by atoms with Gasteiger partial charge >= 0.3 is 0 Å². The number of nitriles is 1. The van der Waals surface area contributed by atoms with E-state index in [-0.39, 0.29) is 18.2 Å². The number of para-hydroxylation sites is 1. The third-order valence-corrected chi connectivity index (χ3v) is 3.73. The summed E-state index contributed by atoms with van der Waals surface area (Å²) in [7, 11) is 0. The molecule has 21 heavy (non-hydrogen) atoms. The molecule has 0 aliphatic heterocycles. The number of carbonyl (C=O) groups is 1. The Balaban J connectivity index is 2.07. The number of nitrogens with zero attached hydrogens (tertiary/aromatic N) is 3. The van der Waals surface area contributed by atoms with Crippen LogP contribution in [-0.4, -0.2) is 18.2 Å². The molecule has 0 radical (unpaired) electrons. The van der Waals surface area contributed by atoms with E-state index in [4.69, 9.17) is 5.26 Å². The number of aromatic nitrogens is 1. The minimum absolute atomic E-state index is 0.0183. The average molecular weight is 299 g/mol. The number of thioether (sulfide) groups is 1. The third-order valence-electron chi connectivity index (χ3n) is 2.73. The van der Waals surface area contributed by atoms with Gasteiger partial charge in [0.15, 0.2) is 6.20 Å². The molecule has 1 aromatic carbocycles. The van der Waals surface area contributed by atoms with Crippen molar-refractivity contribution in [3.63, 3.8) is 0 Å². The number of rotatable bonds is 5. The first kappa shape index (κ1) is 14.9. The molecule has 5 nitrogen and oxygen atoms in total. The second kappa shape index (κ2) is 7.31. The summed E-state index contributed by atoms with van der Waals surface area (Å²) in [4.78, 5) is 13.7. The first-order valence-electron chi connectivity index (χ1n) is 6.25. The summed E-state index contributed by atoms with van der Waals surface area (Å²) < 4.78 is 0.717. The van der Waals surface area contributed by atoms with Gasteiger partial charge in [-0.15, -0.1) is 0 Å². The van der Waals surface area contributed by atoms with Crippen molar-refractivity contribution in [3.05, 3.63) is 59.9 Å². The van der Waals surface area contributed by atoms with E-state index in [2.05, 4.69) is 0 Å². The highest BCUT2D eigenvalue weighted by molar-refractivity contribution is 7.99. The zero-order valence-electron chi connectivity index (χ0n) is 11.2. The predicted molar refractivity (Wildman–Crippen MR) is 80.5 cm³/mol. The predicted octanol–water partition coefficient (Wildman–Crippen LogP) is 1.97. The Morgan fingerprint density at radius 2 is 1.95 bits per heavy atom. The fraction of sp³-hybridized carbons (Fsp3) is 0.133. The van der Waals surface area contributed by atoms with E-state index >= 15 is 0 Å². The average Bonchev–Trinajstić information content (AvgIpc) is 2.52. The highest BCUT2D eigenvalue weighted by Crippen LogP contribution is 2.17. The van der Waals surface area contributed by atoms with Crippen LogP contribution in [-0.2, 0) is 4.79 Å². The van der Waals surface area contributed by atoms with E-state index in [1.165, 1.54) is 11.1 Å². The SMILES string of the molecule is N#CCN(C(=O)CSc1cccc[n+]1[O-])c1ccccc1. The van der Waals surface area contributed by atoms with E-state index in [1.807, 2.05) is 24.3 Å². The molecule has 6 heteroatoms. The van der Waals surface area contributed by atoms with Crippen molar-refractivity contribution < 1.29 is 9.52 Å². The largest absolute Gasteiger partial charge is 0.618 e. The Hall–Kier alpha value is -2.52. The van der Waals surface area contributed by atoms with Gasteiger partial charge in [0, 0.05) is 17.8 Å². The molecule has 0 aliphatic rings. The molecule has 1 aromatic heterocycles. The standard InChI is InChI=1S/C15H13N3O2S/c16-9-11-17(13-6-2-1-3-7-13)14(19)12-21-15-8-4-5-10-18(15)20/h1-8,10H,11-12H2. The molecule has 1 amide bonds. The molecule has 0 N–H and O–H groups in total. The monoisotopic (exact) mass is 299 g/mol. The number of hydrogen-bond donors (Lipinski definition) is 0. The van der Waals surface area contributed by atoms with Gasteiger partial charge in [-0.2, -0.15) is 9.99 Å². The molecule has 0 fully saturated rings. The fourth-order valence-corrected chi connectivity index (χ4v) is 2.53. The van der Waals surface area contributed by atoms with E-state index < -0.39 is 0 Å². The number of carbonyl (C=O) groups excluding carboxylic acids is 1. The zero-order chi connectivity index (χ0) is 15.1. The van der Waals surface area contributed by atoms with Gasteiger partial charge < -0.3 is 5.21 Å². The normalized spacial score (nSPS) is 9.86. The Bertz CT molecular complexity index is 655. The van der Waals surface area contributed by atoms with Crippen LogP contribution in [0.5, 0.6) is 0 Å². The summed E-state index contributed by atoms with van der Waals surface area (Å²) in [5.74, 6) is -0.111. The van der Waals surface area contributed by atoms with Crippen LogP contribution < -0.4 is 9.63 Å². The molecule has 106 valence electrons. The van der Waals surface area contributed by atoms with Gasteiger partial charge in [0.1, 0.15) is 6.54 Å². The Kier molecular flexibility index (Phi) is 5.18. The maximum absolute atomic E-state index is 12.3. The molecule has 0 saturated carbocycles. The lowest BCUT2D eigenvalue weighted by Gasteiger charge is -2.19. The lowest BCUT2D eigenvalue weighted by atomic mass is 10.3. The molecule has 0 spiro atoms. The number of hydrogen-bond acceptors (Lipinski definition) is 4. The van der Waals surface area contributed by atoms with E-state index in [0.717, 1.165) is 16.5 Å². The summed E-state index contributed by atoms with van der Waals surface area (Å²) in [6, 6.07) is 16.0. The van der Waals surface area contributed by atoms with Crippen LogP contribution in [0.2, 0.25) is 0 Å². The van der Waals surface area contributed by atoms with Crippen LogP contribution in [0.3, 0.4) is 0 Å². The lowest BCUT2D eigenvalue weighted by Crippen LogP contribution is -2.34. The van der Waals surface area contributed by atoms with Crippen LogP contribution >= 0.6 is 11.8 Å². The minimum atomic E-state index is -0.211. The summed E-state index contributed by atoms with van der Waals surface area (Å²) in [6.45, 7) is -0.0183. The van der Waals surface area contributed by atoms with Crippen LogP contribution in [0.4, 0.5) is 5.69 Å². The van der Waals surface area contributed by atoms with Gasteiger partial charge in [-0.1, -0.05) is 18.2 Å². The summed E-state index contributed by atoms with van der Waals surface area (Å²) in [5, 5.41) is 20.8. The quantitative estimate of drug-likeness (QED) is 0.366. The molecule has 2 aromatic rings. The van der Waals surface area contributed by atoms with Crippen molar-refractivity contribution in [1.82, 2.24) is 0 Å². The van der Waals surface area contributed by atoms with Crippen molar-refractivity contribution in [2.24, 2.45) is 0 Å². The summed E-state index contributed by atoms with van der Waals surface area (Å²) in [5.41, 5.74) is 0.674. The number of benzene rings is 1. The van der Waals surface area contributed by atoms with Crippen LogP contribution in [0.1, 0.15) is 0 Å². The maximum Gasteiger partial charge on any atom is 0.251 e. The molecule has 1 heterocycles. The van der Waals surface area contributed by atoms with Gasteiger partial charge in [-0.3, -0.25) is 9.69 Å². The number of anilines is 1. The second-order valence-corrected chi connectivity index (χ2v) is 5.12. The maximum atomic E-state index is 12.3. The van der Waals surface area contributed by atoms with E-state index in [1.54, 1.807) is 30.3 Å². The van der Waals surface area contributed by atoms with Crippen molar-refractivity contribution in [2.75, 3.05) is 17.2 Å². The van der Waals surface area contributed by atoms with Crippen LogP contribution in [0, 0.1) is 16.5 Å². The number of amides is 1. The molecule has 0 aliphatic carbocycles. The van der Waals surface area contributed by atoms with Gasteiger partial charge in [0.25, 0.3) is 5.03 Å². The third kappa shape index (κ3) is 3.97. The summed E-state index contributed by atoms with van der Waals surface area (Å²) in [6.07, 6.45) is 1.39. The molecular weight excluding hydrogens is 286 g/mol. The van der Waals surface area contributed by atoms with Crippen molar-refractivity contribution >= 4 is 23.4 Å². The van der Waals surface area contributed by atoms with Gasteiger partial charge in [0.05, 0.1) is 11.8 Å². The van der Waals surface area contributed by atoms with Gasteiger partial charge in [-0.25, -0.2) is 0 Å². The van der Waals surface area contributed by atoms with Crippen LogP contribution in [0.25, 0.3) is 0 Å². The fourth-order valence-electron chi connectivity index (χ4n) is 1.74. The van der Waals surface area contributed by atoms with Crippen molar-refractivity contribution in [2.45, 2.75) is 5.03 Å². The van der Waals surface area contributed by atoms with Crippen molar-refractivity contribution in [3.8, 4) is 6.07 Å². The second-order valence-electron chi connectivity index (χ2n) is 4.13. The van der Waals surface area contributed by atoms with Crippen molar-refractivity contribution in [1.29, 1.82) is 5.26 Å². The van der Waals surface area contributed by atoms with Gasteiger partial charge in [-0.05, 0) is 30.0 Å². The lowest BCUT2D eigenvalue weighted by molar-refractivity contribution is -0.645. The highest BCUT2D eigenvalue weighted by Gasteiger charge is 2.17. The molecule has 0 saturated heterocycles. The Morgan fingerprint density at radius 3 is 2.62 bits per heavy atom. The smallest absolute Gasteiger partial charge is 0.251 e. The molecule has 2 rings (SSSR count). The van der Waals surface area contributed by atoms with E-state index in [0.29, 0.717) is 10.7 Å². The minimum Gasteiger partial charge on any atom is -0.618 e. The first-order chi connectivity index (χ1) is 10.2. The first-order valence-corrected chi connectivity index (χ1v) is 7.24. The van der Waals surface area contributed by atoms with Crippen LogP contribution in [0.15, 0.2) is 59.8 Å². The Labute approximate surface area is 127 Å². The highest BCUT2D eigenvalue weighted by atomic mass is 32.2. The Morgan fingerprint density at radius 1 is 1.24 bits per heavy atom. The summed E-state index contributed by atoms with van der Waals surface area (Å²) >= 11 is 1.15. The van der Waals surface area contributed by atoms with Gasteiger partial charge in [0.2, 0.25) is 5.91 Å². The molecule has 0 bridgehead atoms. The number of pyridine rings is 1. The molecule has 0 atom stereocenters. The van der Waals surface area contributed by atoms with E-state index in [9.17, 15) is 10.0 Å².